The fraction of sp³-hybridized carbons (Fsp3) is 0.154. The van der Waals surface area contributed by atoms with Gasteiger partial charge in [-0.05, 0) is 25.5 Å². The molecule has 0 radical (unpaired) electrons. The van der Waals surface area contributed by atoms with Crippen LogP contribution in [0.4, 0.5) is 5.69 Å². The summed E-state index contributed by atoms with van der Waals surface area (Å²) in [6, 6.07) is 7.66. The summed E-state index contributed by atoms with van der Waals surface area (Å²) in [6.45, 7) is 3.77. The molecule has 0 saturated carbocycles. The van der Waals surface area contributed by atoms with E-state index >= 15 is 0 Å². The standard InChI is InChI=1S/C13H12N4OS/c1-8-5-3-4-6-10(8)16-12(18)11-9(2)15-13-17(11)14-7-19-13/h3-7H,1-2H3,(H,16,18). The molecule has 0 fully saturated rings. The second-order valence-electron chi connectivity index (χ2n) is 4.25. The SMILES string of the molecule is Cc1ccccc1NC(=O)c1c(C)nc2scnn12. The van der Waals surface area contributed by atoms with Crippen molar-refractivity contribution in [2.24, 2.45) is 0 Å². The Morgan fingerprint density at radius 1 is 1.32 bits per heavy atom. The zero-order chi connectivity index (χ0) is 13.4. The fourth-order valence-corrected chi connectivity index (χ4v) is 2.61. The Hall–Kier alpha value is -2.21. The summed E-state index contributed by atoms with van der Waals surface area (Å²) in [6.07, 6.45) is 0. The summed E-state index contributed by atoms with van der Waals surface area (Å²) in [4.78, 5) is 17.4. The number of imidazole rings is 1. The Morgan fingerprint density at radius 2 is 2.11 bits per heavy atom. The number of carbonyl (C=O) groups is 1. The van der Waals surface area contributed by atoms with E-state index in [0.29, 0.717) is 11.4 Å². The molecule has 1 N–H and O–H groups in total. The van der Waals surface area contributed by atoms with Crippen LogP contribution in [0, 0.1) is 13.8 Å². The van der Waals surface area contributed by atoms with Crippen molar-refractivity contribution in [3.05, 3.63) is 46.7 Å². The maximum atomic E-state index is 12.4. The molecule has 0 spiro atoms. The van der Waals surface area contributed by atoms with Gasteiger partial charge < -0.3 is 5.32 Å². The molecule has 0 aliphatic carbocycles. The summed E-state index contributed by atoms with van der Waals surface area (Å²) in [5.74, 6) is -0.190. The molecule has 0 bridgehead atoms. The van der Waals surface area contributed by atoms with Crippen LogP contribution in [-0.2, 0) is 0 Å². The van der Waals surface area contributed by atoms with Gasteiger partial charge in [0.15, 0.2) is 5.69 Å². The summed E-state index contributed by atoms with van der Waals surface area (Å²) >= 11 is 1.41. The number of aryl methyl sites for hydroxylation is 2. The Kier molecular flexibility index (Phi) is 2.79. The molecule has 0 atom stereocenters. The summed E-state index contributed by atoms with van der Waals surface area (Å²) in [5, 5.41) is 7.04. The average molecular weight is 272 g/mol. The van der Waals surface area contributed by atoms with Crippen LogP contribution < -0.4 is 5.32 Å². The first kappa shape index (κ1) is 11.9. The van der Waals surface area contributed by atoms with Crippen molar-refractivity contribution in [2.45, 2.75) is 13.8 Å². The van der Waals surface area contributed by atoms with Crippen LogP contribution >= 0.6 is 11.3 Å². The number of amides is 1. The minimum absolute atomic E-state index is 0.190. The molecule has 0 aliphatic rings. The van der Waals surface area contributed by atoms with Crippen molar-refractivity contribution in [1.82, 2.24) is 14.6 Å². The molecule has 2 heterocycles. The highest BCUT2D eigenvalue weighted by Gasteiger charge is 2.18. The Morgan fingerprint density at radius 3 is 2.89 bits per heavy atom. The lowest BCUT2D eigenvalue weighted by atomic mass is 10.2. The summed E-state index contributed by atoms with van der Waals surface area (Å²) in [5.41, 5.74) is 4.67. The van der Waals surface area contributed by atoms with Crippen LogP contribution in [0.5, 0.6) is 0 Å². The van der Waals surface area contributed by atoms with Gasteiger partial charge in [-0.1, -0.05) is 29.5 Å². The first-order valence-corrected chi connectivity index (χ1v) is 6.70. The van der Waals surface area contributed by atoms with E-state index in [0.717, 1.165) is 16.2 Å². The van der Waals surface area contributed by atoms with Gasteiger partial charge >= 0.3 is 0 Å². The summed E-state index contributed by atoms with van der Waals surface area (Å²) in [7, 11) is 0. The third kappa shape index (κ3) is 2.00. The predicted octanol–water partition coefficient (Wildman–Crippen LogP) is 2.66. The van der Waals surface area contributed by atoms with Crippen molar-refractivity contribution in [2.75, 3.05) is 5.32 Å². The van der Waals surface area contributed by atoms with Crippen molar-refractivity contribution in [3.63, 3.8) is 0 Å². The number of aromatic nitrogens is 3. The minimum Gasteiger partial charge on any atom is -0.320 e. The second-order valence-corrected chi connectivity index (χ2v) is 5.06. The average Bonchev–Trinajstić information content (AvgIpc) is 2.91. The molecule has 96 valence electrons. The molecule has 5 nitrogen and oxygen atoms in total. The van der Waals surface area contributed by atoms with E-state index in [2.05, 4.69) is 15.4 Å². The lowest BCUT2D eigenvalue weighted by Crippen LogP contribution is -2.16. The van der Waals surface area contributed by atoms with E-state index in [1.165, 1.54) is 11.3 Å². The zero-order valence-electron chi connectivity index (χ0n) is 10.5. The van der Waals surface area contributed by atoms with Gasteiger partial charge in [0.2, 0.25) is 4.96 Å². The van der Waals surface area contributed by atoms with Crippen molar-refractivity contribution >= 4 is 27.9 Å². The first-order chi connectivity index (χ1) is 9.16. The quantitative estimate of drug-likeness (QED) is 0.780. The Labute approximate surface area is 113 Å². The predicted molar refractivity (Wildman–Crippen MR) is 74.7 cm³/mol. The lowest BCUT2D eigenvalue weighted by molar-refractivity contribution is 0.101. The van der Waals surface area contributed by atoms with E-state index in [4.69, 9.17) is 0 Å². The molecular formula is C13H12N4OS. The smallest absolute Gasteiger partial charge is 0.276 e. The van der Waals surface area contributed by atoms with Gasteiger partial charge in [-0.15, -0.1) is 0 Å². The highest BCUT2D eigenvalue weighted by atomic mass is 32.1. The molecule has 3 aromatic rings. The molecule has 19 heavy (non-hydrogen) atoms. The van der Waals surface area contributed by atoms with Gasteiger partial charge in [0, 0.05) is 5.69 Å². The molecule has 1 amide bonds. The number of benzene rings is 1. The van der Waals surface area contributed by atoms with Gasteiger partial charge in [0.05, 0.1) is 5.69 Å². The van der Waals surface area contributed by atoms with Crippen molar-refractivity contribution < 1.29 is 4.79 Å². The highest BCUT2D eigenvalue weighted by Crippen LogP contribution is 2.18. The van der Waals surface area contributed by atoms with Crippen LogP contribution in [0.15, 0.2) is 29.8 Å². The number of hydrogen-bond acceptors (Lipinski definition) is 4. The van der Waals surface area contributed by atoms with Crippen LogP contribution in [0.25, 0.3) is 4.96 Å². The third-order valence-electron chi connectivity index (χ3n) is 2.93. The number of fused-ring (bicyclic) bond motifs is 1. The normalized spacial score (nSPS) is 10.8. The lowest BCUT2D eigenvalue weighted by Gasteiger charge is -2.07. The van der Waals surface area contributed by atoms with E-state index in [1.54, 1.807) is 10.0 Å². The molecule has 6 heteroatoms. The number of nitrogens with zero attached hydrogens (tertiary/aromatic N) is 3. The number of anilines is 1. The number of para-hydroxylation sites is 1. The largest absolute Gasteiger partial charge is 0.320 e. The molecule has 0 saturated heterocycles. The van der Waals surface area contributed by atoms with Crippen molar-refractivity contribution in [3.8, 4) is 0 Å². The molecular weight excluding hydrogens is 260 g/mol. The fourth-order valence-electron chi connectivity index (χ4n) is 1.95. The van der Waals surface area contributed by atoms with E-state index in [1.807, 2.05) is 38.1 Å². The molecule has 0 aliphatic heterocycles. The van der Waals surface area contributed by atoms with Gasteiger partial charge in [0.25, 0.3) is 5.91 Å². The molecule has 0 unspecified atom stereocenters. The van der Waals surface area contributed by atoms with Gasteiger partial charge in [0.1, 0.15) is 5.51 Å². The monoisotopic (exact) mass is 272 g/mol. The number of carbonyl (C=O) groups excluding carboxylic acids is 1. The maximum Gasteiger partial charge on any atom is 0.276 e. The van der Waals surface area contributed by atoms with Gasteiger partial charge in [-0.25, -0.2) is 4.98 Å². The third-order valence-corrected chi connectivity index (χ3v) is 3.60. The molecule has 3 rings (SSSR count). The number of nitrogens with one attached hydrogen (secondary N) is 1. The molecule has 1 aromatic carbocycles. The highest BCUT2D eigenvalue weighted by molar-refractivity contribution is 7.14. The zero-order valence-corrected chi connectivity index (χ0v) is 11.4. The maximum absolute atomic E-state index is 12.4. The Balaban J connectivity index is 1.98. The molecule has 2 aromatic heterocycles. The van der Waals surface area contributed by atoms with Crippen LogP contribution in [-0.4, -0.2) is 20.5 Å². The second kappa shape index (κ2) is 4.47. The van der Waals surface area contributed by atoms with Crippen molar-refractivity contribution in [1.29, 1.82) is 0 Å². The summed E-state index contributed by atoms with van der Waals surface area (Å²) < 4.78 is 1.58. The topological polar surface area (TPSA) is 59.3 Å². The van der Waals surface area contributed by atoms with Gasteiger partial charge in [-0.2, -0.15) is 9.61 Å². The Bertz CT molecular complexity index is 759. The minimum atomic E-state index is -0.190. The number of rotatable bonds is 2. The van der Waals surface area contributed by atoms with Crippen LogP contribution in [0.1, 0.15) is 21.7 Å². The van der Waals surface area contributed by atoms with E-state index in [9.17, 15) is 4.79 Å². The van der Waals surface area contributed by atoms with Gasteiger partial charge in [-0.3, -0.25) is 4.79 Å². The first-order valence-electron chi connectivity index (χ1n) is 5.82. The van der Waals surface area contributed by atoms with Crippen LogP contribution in [0.3, 0.4) is 0 Å². The van der Waals surface area contributed by atoms with Crippen LogP contribution in [0.2, 0.25) is 0 Å². The van der Waals surface area contributed by atoms with E-state index < -0.39 is 0 Å². The van der Waals surface area contributed by atoms with E-state index in [-0.39, 0.29) is 5.91 Å². The number of hydrogen-bond donors (Lipinski definition) is 1.